The number of hydrogen-bond donors (Lipinski definition) is 1. The molecule has 1 heterocycles. The Bertz CT molecular complexity index is 622. The molecule has 0 amide bonds. The van der Waals surface area contributed by atoms with Gasteiger partial charge in [-0.25, -0.2) is 18.1 Å². The quantitative estimate of drug-likeness (QED) is 0.853. The van der Waals surface area contributed by atoms with E-state index in [1.807, 2.05) is 24.4 Å². The largest absolute Gasteiger partial charge is 0.431 e. The van der Waals surface area contributed by atoms with Gasteiger partial charge in [-0.2, -0.15) is 0 Å². The Morgan fingerprint density at radius 2 is 2.05 bits per heavy atom. The summed E-state index contributed by atoms with van der Waals surface area (Å²) in [6, 6.07) is 7.25. The maximum Gasteiger partial charge on any atom is 0.278 e. The SMILES string of the molecule is CCCS(=O)(=O)NCc1ccc(Oc2nccs2)cc1. The smallest absolute Gasteiger partial charge is 0.278 e. The third-order valence-corrected chi connectivity index (χ3v) is 4.69. The Labute approximate surface area is 122 Å². The molecule has 0 fully saturated rings. The van der Waals surface area contributed by atoms with Crippen molar-refractivity contribution in [2.24, 2.45) is 0 Å². The molecule has 0 saturated heterocycles. The van der Waals surface area contributed by atoms with Crippen molar-refractivity contribution >= 4 is 21.4 Å². The lowest BCUT2D eigenvalue weighted by molar-refractivity contribution is 0.478. The monoisotopic (exact) mass is 312 g/mol. The fourth-order valence-electron chi connectivity index (χ4n) is 1.57. The summed E-state index contributed by atoms with van der Waals surface area (Å²) in [5, 5.41) is 2.42. The number of ether oxygens (including phenoxy) is 1. The van der Waals surface area contributed by atoms with Crippen LogP contribution in [-0.4, -0.2) is 19.2 Å². The van der Waals surface area contributed by atoms with Crippen LogP contribution in [0.4, 0.5) is 0 Å². The molecule has 2 rings (SSSR count). The van der Waals surface area contributed by atoms with E-state index < -0.39 is 10.0 Å². The highest BCUT2D eigenvalue weighted by Crippen LogP contribution is 2.23. The third-order valence-electron chi connectivity index (χ3n) is 2.51. The molecule has 0 atom stereocenters. The molecule has 2 aromatic rings. The molecule has 1 aromatic heterocycles. The maximum absolute atomic E-state index is 11.5. The van der Waals surface area contributed by atoms with Crippen molar-refractivity contribution in [3.63, 3.8) is 0 Å². The zero-order valence-corrected chi connectivity index (χ0v) is 12.7. The van der Waals surface area contributed by atoms with Gasteiger partial charge in [-0.1, -0.05) is 30.4 Å². The van der Waals surface area contributed by atoms with E-state index in [0.717, 1.165) is 5.56 Å². The molecule has 0 radical (unpaired) electrons. The molecule has 1 aromatic carbocycles. The number of sulfonamides is 1. The van der Waals surface area contributed by atoms with Crippen molar-refractivity contribution in [2.45, 2.75) is 19.9 Å². The van der Waals surface area contributed by atoms with Crippen LogP contribution in [0.5, 0.6) is 10.9 Å². The summed E-state index contributed by atoms with van der Waals surface area (Å²) in [6.07, 6.45) is 2.28. The first-order valence-corrected chi connectivity index (χ1v) is 8.76. The van der Waals surface area contributed by atoms with Crippen LogP contribution in [0.3, 0.4) is 0 Å². The van der Waals surface area contributed by atoms with Gasteiger partial charge in [0.05, 0.1) is 5.75 Å². The topological polar surface area (TPSA) is 68.3 Å². The lowest BCUT2D eigenvalue weighted by Gasteiger charge is -2.06. The molecule has 0 aliphatic rings. The molecule has 0 bridgehead atoms. The van der Waals surface area contributed by atoms with E-state index in [0.29, 0.717) is 23.9 Å². The second-order valence-electron chi connectivity index (χ2n) is 4.18. The molecule has 20 heavy (non-hydrogen) atoms. The van der Waals surface area contributed by atoms with Gasteiger partial charge in [-0.3, -0.25) is 0 Å². The molecule has 0 aliphatic heterocycles. The van der Waals surface area contributed by atoms with Crippen LogP contribution in [0.15, 0.2) is 35.8 Å². The average Bonchev–Trinajstić information content (AvgIpc) is 2.91. The van der Waals surface area contributed by atoms with E-state index in [-0.39, 0.29) is 5.75 Å². The standard InChI is InChI=1S/C13H16N2O3S2/c1-2-9-20(16,17)15-10-11-3-5-12(6-4-11)18-13-14-7-8-19-13/h3-8,15H,2,9-10H2,1H3. The van der Waals surface area contributed by atoms with Crippen molar-refractivity contribution in [3.05, 3.63) is 41.4 Å². The number of rotatable bonds is 7. The van der Waals surface area contributed by atoms with Gasteiger partial charge in [-0.05, 0) is 24.1 Å². The minimum Gasteiger partial charge on any atom is -0.431 e. The number of thiazole rings is 1. The molecule has 1 N–H and O–H groups in total. The summed E-state index contributed by atoms with van der Waals surface area (Å²) < 4.78 is 31.2. The molecule has 0 aliphatic carbocycles. The van der Waals surface area contributed by atoms with Gasteiger partial charge in [-0.15, -0.1) is 0 Å². The minimum atomic E-state index is -3.17. The van der Waals surface area contributed by atoms with Gasteiger partial charge in [0.1, 0.15) is 5.75 Å². The van der Waals surface area contributed by atoms with Gasteiger partial charge in [0.15, 0.2) is 0 Å². The lowest BCUT2D eigenvalue weighted by Crippen LogP contribution is -2.25. The number of hydrogen-bond acceptors (Lipinski definition) is 5. The van der Waals surface area contributed by atoms with Gasteiger partial charge >= 0.3 is 0 Å². The van der Waals surface area contributed by atoms with Gasteiger partial charge < -0.3 is 4.74 Å². The first-order chi connectivity index (χ1) is 9.59. The van der Waals surface area contributed by atoms with Crippen LogP contribution in [-0.2, 0) is 16.6 Å². The van der Waals surface area contributed by atoms with Crippen LogP contribution in [0.2, 0.25) is 0 Å². The van der Waals surface area contributed by atoms with Crippen molar-refractivity contribution in [1.82, 2.24) is 9.71 Å². The number of nitrogens with zero attached hydrogens (tertiary/aromatic N) is 1. The van der Waals surface area contributed by atoms with Crippen molar-refractivity contribution in [2.75, 3.05) is 5.75 Å². The van der Waals surface area contributed by atoms with Crippen LogP contribution in [0.25, 0.3) is 0 Å². The van der Waals surface area contributed by atoms with Crippen LogP contribution < -0.4 is 9.46 Å². The van der Waals surface area contributed by atoms with Crippen molar-refractivity contribution in [3.8, 4) is 10.9 Å². The van der Waals surface area contributed by atoms with Crippen molar-refractivity contribution in [1.29, 1.82) is 0 Å². The Morgan fingerprint density at radius 1 is 1.30 bits per heavy atom. The predicted octanol–water partition coefficient (Wildman–Crippen LogP) is 2.76. The Morgan fingerprint density at radius 3 is 2.65 bits per heavy atom. The van der Waals surface area contributed by atoms with Crippen molar-refractivity contribution < 1.29 is 13.2 Å². The second kappa shape index (κ2) is 6.83. The summed E-state index contributed by atoms with van der Waals surface area (Å²) in [7, 11) is -3.17. The maximum atomic E-state index is 11.5. The zero-order chi connectivity index (χ0) is 14.4. The Kier molecular flexibility index (Phi) is 5.11. The van der Waals surface area contributed by atoms with Crippen LogP contribution in [0.1, 0.15) is 18.9 Å². The summed E-state index contributed by atoms with van der Waals surface area (Å²) >= 11 is 1.42. The van der Waals surface area contributed by atoms with E-state index in [1.54, 1.807) is 18.3 Å². The van der Waals surface area contributed by atoms with Crippen LogP contribution >= 0.6 is 11.3 Å². The zero-order valence-electron chi connectivity index (χ0n) is 11.1. The number of nitrogens with one attached hydrogen (secondary N) is 1. The summed E-state index contributed by atoms with van der Waals surface area (Å²) in [5.74, 6) is 0.832. The molecule has 7 heteroatoms. The highest BCUT2D eigenvalue weighted by atomic mass is 32.2. The third kappa shape index (κ3) is 4.59. The van der Waals surface area contributed by atoms with E-state index >= 15 is 0 Å². The molecular formula is C13H16N2O3S2. The Hall–Kier alpha value is -1.44. The first kappa shape index (κ1) is 15.0. The number of benzene rings is 1. The van der Waals surface area contributed by atoms with E-state index in [4.69, 9.17) is 4.74 Å². The average molecular weight is 312 g/mol. The first-order valence-electron chi connectivity index (χ1n) is 6.22. The summed E-state index contributed by atoms with van der Waals surface area (Å²) in [4.78, 5) is 4.03. The molecule has 108 valence electrons. The van der Waals surface area contributed by atoms with E-state index in [9.17, 15) is 8.42 Å². The number of aromatic nitrogens is 1. The Balaban J connectivity index is 1.92. The molecule has 0 unspecified atom stereocenters. The molecule has 0 saturated carbocycles. The highest BCUT2D eigenvalue weighted by Gasteiger charge is 2.08. The fourth-order valence-corrected chi connectivity index (χ4v) is 3.14. The predicted molar refractivity (Wildman–Crippen MR) is 79.5 cm³/mol. The summed E-state index contributed by atoms with van der Waals surface area (Å²) in [5.41, 5.74) is 0.885. The highest BCUT2D eigenvalue weighted by molar-refractivity contribution is 7.89. The summed E-state index contributed by atoms with van der Waals surface area (Å²) in [6.45, 7) is 2.13. The molecule has 5 nitrogen and oxygen atoms in total. The normalized spacial score (nSPS) is 11.4. The lowest BCUT2D eigenvalue weighted by atomic mass is 10.2. The van der Waals surface area contributed by atoms with Crippen LogP contribution in [0, 0.1) is 0 Å². The van der Waals surface area contributed by atoms with Gasteiger partial charge in [0.2, 0.25) is 10.0 Å². The fraction of sp³-hybridized carbons (Fsp3) is 0.308. The molecular weight excluding hydrogens is 296 g/mol. The second-order valence-corrected chi connectivity index (χ2v) is 6.97. The van der Waals surface area contributed by atoms with Gasteiger partial charge in [0.25, 0.3) is 5.19 Å². The minimum absolute atomic E-state index is 0.151. The molecule has 0 spiro atoms. The van der Waals surface area contributed by atoms with Gasteiger partial charge in [0, 0.05) is 18.1 Å². The van der Waals surface area contributed by atoms with E-state index in [1.165, 1.54) is 11.3 Å². The van der Waals surface area contributed by atoms with E-state index in [2.05, 4.69) is 9.71 Å².